The molecule has 0 bridgehead atoms. The van der Waals surface area contributed by atoms with E-state index in [-0.39, 0.29) is 6.04 Å². The van der Waals surface area contributed by atoms with Crippen molar-refractivity contribution in [1.82, 2.24) is 5.32 Å². The first kappa shape index (κ1) is 21.3. The molecule has 0 aromatic heterocycles. The fourth-order valence-electron chi connectivity index (χ4n) is 2.60. The number of aliphatic hydroxyl groups excluding tert-OH is 1. The summed E-state index contributed by atoms with van der Waals surface area (Å²) in [6.07, 6.45) is 0.240. The number of benzene rings is 2. The quantitative estimate of drug-likeness (QED) is 0.647. The number of carbonyl (C=O) groups is 1. The van der Waals surface area contributed by atoms with E-state index in [1.807, 2.05) is 69.3 Å². The maximum absolute atomic E-state index is 12.2. The van der Waals surface area contributed by atoms with Gasteiger partial charge in [-0.15, -0.1) is 11.8 Å². The summed E-state index contributed by atoms with van der Waals surface area (Å²) < 4.78 is 5.37. The summed E-state index contributed by atoms with van der Waals surface area (Å²) in [7, 11) is 0. The van der Waals surface area contributed by atoms with Crippen molar-refractivity contribution in [3.05, 3.63) is 66.2 Å². The highest BCUT2D eigenvalue weighted by molar-refractivity contribution is 7.99. The molecule has 0 heterocycles. The Bertz CT molecular complexity index is 686. The van der Waals surface area contributed by atoms with Crippen molar-refractivity contribution in [3.63, 3.8) is 0 Å². The van der Waals surface area contributed by atoms with Crippen LogP contribution >= 0.6 is 11.8 Å². The van der Waals surface area contributed by atoms with Crippen molar-refractivity contribution in [3.8, 4) is 0 Å². The molecule has 2 atom stereocenters. The van der Waals surface area contributed by atoms with Crippen molar-refractivity contribution < 1.29 is 14.6 Å². The predicted molar refractivity (Wildman–Crippen MR) is 111 cm³/mol. The summed E-state index contributed by atoms with van der Waals surface area (Å²) in [5.41, 5.74) is 0.606. The lowest BCUT2D eigenvalue weighted by Gasteiger charge is -2.26. The number of rotatable bonds is 8. The summed E-state index contributed by atoms with van der Waals surface area (Å²) in [5, 5.41) is 13.6. The SMILES string of the molecule is CC(C)(C)OC(=O)N[C@@H](CCc1ccccc1)[C@H](O)CSc1ccccc1. The van der Waals surface area contributed by atoms with Crippen LogP contribution in [0.15, 0.2) is 65.6 Å². The highest BCUT2D eigenvalue weighted by atomic mass is 32.2. The third-order valence-corrected chi connectivity index (χ3v) is 5.03. The van der Waals surface area contributed by atoms with Crippen molar-refractivity contribution >= 4 is 17.9 Å². The summed E-state index contributed by atoms with van der Waals surface area (Å²) in [6, 6.07) is 19.6. The number of amides is 1. The lowest BCUT2D eigenvalue weighted by Crippen LogP contribution is -2.46. The van der Waals surface area contributed by atoms with Crippen LogP contribution in [0.4, 0.5) is 4.79 Å². The molecule has 0 aliphatic carbocycles. The van der Waals surface area contributed by atoms with Crippen LogP contribution < -0.4 is 5.32 Å². The molecule has 4 nitrogen and oxygen atoms in total. The van der Waals surface area contributed by atoms with E-state index in [9.17, 15) is 9.90 Å². The molecule has 0 saturated carbocycles. The number of alkyl carbamates (subject to hydrolysis) is 1. The summed E-state index contributed by atoms with van der Waals surface area (Å²) in [4.78, 5) is 13.3. The fraction of sp³-hybridized carbons (Fsp3) is 0.409. The zero-order valence-electron chi connectivity index (χ0n) is 16.2. The maximum atomic E-state index is 12.2. The van der Waals surface area contributed by atoms with Gasteiger partial charge in [0.05, 0.1) is 12.1 Å². The average Bonchev–Trinajstić information content (AvgIpc) is 2.63. The Morgan fingerprint density at radius 1 is 1.07 bits per heavy atom. The summed E-state index contributed by atoms with van der Waals surface area (Å²) in [6.45, 7) is 5.48. The van der Waals surface area contributed by atoms with Crippen molar-refractivity contribution in [2.75, 3.05) is 5.75 Å². The van der Waals surface area contributed by atoms with Gasteiger partial charge in [0.15, 0.2) is 0 Å². The van der Waals surface area contributed by atoms with Crippen LogP contribution in [0.2, 0.25) is 0 Å². The lowest BCUT2D eigenvalue weighted by molar-refractivity contribution is 0.0435. The van der Waals surface area contributed by atoms with Crippen molar-refractivity contribution in [2.24, 2.45) is 0 Å². The molecule has 2 aromatic rings. The molecule has 1 amide bonds. The highest BCUT2D eigenvalue weighted by Crippen LogP contribution is 2.20. The first-order valence-corrected chi connectivity index (χ1v) is 10.2. The third kappa shape index (κ3) is 8.50. The number of carbonyl (C=O) groups excluding carboxylic acids is 1. The Hall–Kier alpha value is -1.98. The largest absolute Gasteiger partial charge is 0.444 e. The lowest BCUT2D eigenvalue weighted by atomic mass is 10.0. The van der Waals surface area contributed by atoms with Crippen LogP contribution in [-0.2, 0) is 11.2 Å². The number of hydrogen-bond donors (Lipinski definition) is 2. The van der Waals surface area contributed by atoms with E-state index in [1.165, 1.54) is 5.56 Å². The number of ether oxygens (including phenoxy) is 1. The molecule has 0 spiro atoms. The zero-order valence-corrected chi connectivity index (χ0v) is 17.0. The molecule has 0 saturated heterocycles. The Kier molecular flexibility index (Phi) is 8.20. The van der Waals surface area contributed by atoms with E-state index in [0.29, 0.717) is 12.2 Å². The first-order chi connectivity index (χ1) is 12.8. The molecule has 2 N–H and O–H groups in total. The minimum atomic E-state index is -0.675. The molecule has 5 heteroatoms. The second-order valence-corrected chi connectivity index (χ2v) is 8.56. The van der Waals surface area contributed by atoms with Crippen LogP contribution in [0.25, 0.3) is 0 Å². The van der Waals surface area contributed by atoms with E-state index in [2.05, 4.69) is 17.4 Å². The second-order valence-electron chi connectivity index (χ2n) is 7.47. The molecule has 0 radical (unpaired) electrons. The van der Waals surface area contributed by atoms with Gasteiger partial charge in [0.25, 0.3) is 0 Å². The monoisotopic (exact) mass is 387 g/mol. The van der Waals surface area contributed by atoms with Gasteiger partial charge in [0.1, 0.15) is 5.60 Å². The summed E-state index contributed by atoms with van der Waals surface area (Å²) in [5.74, 6) is 0.499. The van der Waals surface area contributed by atoms with Gasteiger partial charge >= 0.3 is 6.09 Å². The molecular weight excluding hydrogens is 358 g/mol. The van der Waals surface area contributed by atoms with Crippen molar-refractivity contribution in [1.29, 1.82) is 0 Å². The first-order valence-electron chi connectivity index (χ1n) is 9.23. The van der Waals surface area contributed by atoms with E-state index >= 15 is 0 Å². The minimum Gasteiger partial charge on any atom is -0.444 e. The van der Waals surface area contributed by atoms with Gasteiger partial charge in [-0.25, -0.2) is 4.79 Å². The van der Waals surface area contributed by atoms with E-state index in [4.69, 9.17) is 4.74 Å². The molecule has 2 rings (SSSR count). The van der Waals surface area contributed by atoms with E-state index in [0.717, 1.165) is 11.3 Å². The molecule has 0 aliphatic heterocycles. The smallest absolute Gasteiger partial charge is 0.407 e. The van der Waals surface area contributed by atoms with Gasteiger partial charge in [-0.2, -0.15) is 0 Å². The molecule has 146 valence electrons. The van der Waals surface area contributed by atoms with Gasteiger partial charge in [0, 0.05) is 10.6 Å². The molecular formula is C22H29NO3S. The van der Waals surface area contributed by atoms with Gasteiger partial charge in [0.2, 0.25) is 0 Å². The van der Waals surface area contributed by atoms with Crippen molar-refractivity contribution in [2.45, 2.75) is 56.3 Å². The maximum Gasteiger partial charge on any atom is 0.407 e. The number of aliphatic hydroxyl groups is 1. The number of thioether (sulfide) groups is 1. The molecule has 2 aromatic carbocycles. The van der Waals surface area contributed by atoms with Crippen LogP contribution in [0, 0.1) is 0 Å². The standard InChI is InChI=1S/C22H29NO3S/c1-22(2,3)26-21(25)23-19(15-14-17-10-6-4-7-11-17)20(24)16-27-18-12-8-5-9-13-18/h4-13,19-20,24H,14-16H2,1-3H3,(H,23,25)/t19-,20+/m0/s1. The third-order valence-electron chi connectivity index (χ3n) is 3.92. The summed E-state index contributed by atoms with van der Waals surface area (Å²) >= 11 is 1.58. The highest BCUT2D eigenvalue weighted by Gasteiger charge is 2.24. The van der Waals surface area contributed by atoms with Crippen LogP contribution in [0.3, 0.4) is 0 Å². The Labute approximate surface area is 166 Å². The van der Waals surface area contributed by atoms with Crippen LogP contribution in [0.1, 0.15) is 32.8 Å². The Morgan fingerprint density at radius 3 is 2.26 bits per heavy atom. The number of nitrogens with one attached hydrogen (secondary N) is 1. The normalized spacial score (nSPS) is 13.6. The van der Waals surface area contributed by atoms with E-state index in [1.54, 1.807) is 11.8 Å². The number of hydrogen-bond acceptors (Lipinski definition) is 4. The van der Waals surface area contributed by atoms with Crippen LogP contribution in [0.5, 0.6) is 0 Å². The van der Waals surface area contributed by atoms with Gasteiger partial charge in [-0.05, 0) is 51.3 Å². The Morgan fingerprint density at radius 2 is 1.67 bits per heavy atom. The van der Waals surface area contributed by atoms with E-state index < -0.39 is 17.8 Å². The van der Waals surface area contributed by atoms with Gasteiger partial charge in [-0.1, -0.05) is 48.5 Å². The molecule has 0 fully saturated rings. The zero-order chi connectivity index (χ0) is 19.7. The average molecular weight is 388 g/mol. The fourth-order valence-corrected chi connectivity index (χ4v) is 3.55. The Balaban J connectivity index is 1.97. The predicted octanol–water partition coefficient (Wildman–Crippen LogP) is 4.67. The minimum absolute atomic E-state index is 0.378. The molecule has 0 aliphatic rings. The van der Waals surface area contributed by atoms with Gasteiger partial charge in [-0.3, -0.25) is 0 Å². The van der Waals surface area contributed by atoms with Gasteiger partial charge < -0.3 is 15.2 Å². The topological polar surface area (TPSA) is 58.6 Å². The second kappa shape index (κ2) is 10.4. The number of aryl methyl sites for hydroxylation is 1. The van der Waals surface area contributed by atoms with Crippen LogP contribution in [-0.4, -0.2) is 34.7 Å². The molecule has 27 heavy (non-hydrogen) atoms. The molecule has 0 unspecified atom stereocenters.